The number of hydrogen-bond donors (Lipinski definition) is 3. The summed E-state index contributed by atoms with van der Waals surface area (Å²) in [4.78, 5) is 48.4. The molecule has 3 aliphatic heterocycles. The summed E-state index contributed by atoms with van der Waals surface area (Å²) in [5.41, 5.74) is 9.04. The van der Waals surface area contributed by atoms with Crippen molar-refractivity contribution in [1.82, 2.24) is 15.2 Å². The fourth-order valence-corrected chi connectivity index (χ4v) is 6.91. The van der Waals surface area contributed by atoms with Crippen molar-refractivity contribution >= 4 is 51.7 Å². The van der Waals surface area contributed by atoms with Crippen LogP contribution in [0.1, 0.15) is 16.8 Å². The van der Waals surface area contributed by atoms with Crippen molar-refractivity contribution in [2.45, 2.75) is 24.5 Å². The molecule has 1 aromatic heterocycles. The normalized spacial score (nSPS) is 22.6. The number of thiazole rings is 1. The molecule has 1 saturated heterocycles. The first kappa shape index (κ1) is 24.3. The third-order valence-electron chi connectivity index (χ3n) is 6.49. The smallest absolute Gasteiger partial charge is 0.352 e. The number of nitrogens with two attached hydrogens (primary N) is 1. The number of nitrogen functional groups attached to an aromatic ring is 1. The van der Waals surface area contributed by atoms with Gasteiger partial charge in [-0.15, -0.1) is 23.1 Å². The Balaban J connectivity index is 1.34. The number of aliphatic carboxylic acids is 1. The highest BCUT2D eigenvalue weighted by Gasteiger charge is 2.55. The number of carboxylic acid groups (broad SMARTS) is 1. The molecule has 0 bridgehead atoms. The Labute approximate surface area is 215 Å². The molecule has 4 heterocycles. The lowest BCUT2D eigenvalue weighted by Gasteiger charge is -2.49. The molecular weight excluding hydrogens is 504 g/mol. The number of nitrogens with zero attached hydrogens (tertiary/aromatic N) is 4. The zero-order valence-corrected chi connectivity index (χ0v) is 21.3. The second-order valence-corrected chi connectivity index (χ2v) is 11.2. The van der Waals surface area contributed by atoms with E-state index in [9.17, 15) is 19.5 Å². The van der Waals surface area contributed by atoms with Crippen molar-refractivity contribution < 1.29 is 28.8 Å². The van der Waals surface area contributed by atoms with E-state index in [2.05, 4.69) is 34.6 Å². The number of fused-ring (bicyclic) bond motifs is 2. The number of carbonyl (C=O) groups is 3. The molecule has 4 N–H and O–H groups in total. The molecule has 5 rings (SSSR count). The fraction of sp³-hybridized carbons (Fsp3) is 0.348. The number of benzene rings is 1. The lowest BCUT2D eigenvalue weighted by Crippen LogP contribution is -2.71. The predicted octanol–water partition coefficient (Wildman–Crippen LogP) is 0.975. The lowest BCUT2D eigenvalue weighted by atomic mass is 10.0. The Bertz CT molecular complexity index is 1300. The van der Waals surface area contributed by atoms with Crippen LogP contribution in [0.2, 0.25) is 0 Å². The maximum atomic E-state index is 13.1. The van der Waals surface area contributed by atoms with E-state index in [0.717, 1.165) is 30.0 Å². The molecule has 0 radical (unpaired) electrons. The summed E-state index contributed by atoms with van der Waals surface area (Å²) in [6, 6.07) is 7.33. The number of aromatic nitrogens is 1. The summed E-state index contributed by atoms with van der Waals surface area (Å²) in [6.07, 6.45) is 0. The molecule has 1 fully saturated rings. The molecule has 2 aromatic rings. The van der Waals surface area contributed by atoms with Crippen LogP contribution in [-0.2, 0) is 32.3 Å². The molecule has 1 aromatic carbocycles. The molecule has 0 saturated carbocycles. The molecule has 1 unspecified atom stereocenters. The molecule has 0 aliphatic carbocycles. The van der Waals surface area contributed by atoms with Gasteiger partial charge >= 0.3 is 5.97 Å². The highest BCUT2D eigenvalue weighted by Crippen LogP contribution is 2.42. The zero-order valence-electron chi connectivity index (χ0n) is 19.6. The van der Waals surface area contributed by atoms with Gasteiger partial charge in [0.15, 0.2) is 10.8 Å². The van der Waals surface area contributed by atoms with Crippen LogP contribution in [0, 0.1) is 0 Å². The number of β-lactam (4-membered cyclic amide) rings is 1. The number of amides is 2. The van der Waals surface area contributed by atoms with Crippen molar-refractivity contribution in [1.29, 1.82) is 0 Å². The molecule has 188 valence electrons. The van der Waals surface area contributed by atoms with Gasteiger partial charge in [-0.1, -0.05) is 29.4 Å². The minimum absolute atomic E-state index is 0.0163. The summed E-state index contributed by atoms with van der Waals surface area (Å²) in [6.45, 7) is 2.12. The highest BCUT2D eigenvalue weighted by molar-refractivity contribution is 8.00. The van der Waals surface area contributed by atoms with E-state index in [1.807, 2.05) is 12.1 Å². The first-order valence-corrected chi connectivity index (χ1v) is 13.1. The number of nitrogens with one attached hydrogen (secondary N) is 1. The largest absolute Gasteiger partial charge is 0.477 e. The van der Waals surface area contributed by atoms with Crippen molar-refractivity contribution in [2.75, 3.05) is 32.2 Å². The number of carbonyl (C=O) groups excluding carboxylic acids is 2. The van der Waals surface area contributed by atoms with Crippen LogP contribution in [0.15, 0.2) is 46.1 Å². The summed E-state index contributed by atoms with van der Waals surface area (Å²) < 4.78 is 0.645. The number of carboxylic acids is 1. The third-order valence-corrected chi connectivity index (χ3v) is 8.51. The van der Waals surface area contributed by atoms with Crippen LogP contribution in [0.3, 0.4) is 0 Å². The number of thioether (sulfide) groups is 1. The average molecular weight is 530 g/mol. The fourth-order valence-electron chi connectivity index (χ4n) is 5.02. The van der Waals surface area contributed by atoms with E-state index in [4.69, 9.17) is 10.6 Å². The van der Waals surface area contributed by atoms with Crippen LogP contribution in [0.5, 0.6) is 0 Å². The Morgan fingerprint density at radius 2 is 2.03 bits per heavy atom. The number of quaternary nitrogens is 1. The maximum Gasteiger partial charge on any atom is 0.352 e. The van der Waals surface area contributed by atoms with Gasteiger partial charge in [-0.3, -0.25) is 14.5 Å². The predicted molar refractivity (Wildman–Crippen MR) is 135 cm³/mol. The van der Waals surface area contributed by atoms with Gasteiger partial charge in [0.05, 0.1) is 7.05 Å². The Morgan fingerprint density at radius 1 is 1.33 bits per heavy atom. The Morgan fingerprint density at radius 3 is 2.61 bits per heavy atom. The number of hydrogen-bond acceptors (Lipinski definition) is 9. The third kappa shape index (κ3) is 4.22. The summed E-state index contributed by atoms with van der Waals surface area (Å²) >= 11 is 2.59. The van der Waals surface area contributed by atoms with Gasteiger partial charge in [-0.2, -0.15) is 0 Å². The summed E-state index contributed by atoms with van der Waals surface area (Å²) in [7, 11) is 3.40. The van der Waals surface area contributed by atoms with Crippen LogP contribution in [0.4, 0.5) is 5.13 Å². The van der Waals surface area contributed by atoms with E-state index in [1.165, 1.54) is 34.9 Å². The van der Waals surface area contributed by atoms with Crippen molar-refractivity contribution in [3.05, 3.63) is 57.7 Å². The Hall–Kier alpha value is -3.42. The summed E-state index contributed by atoms with van der Waals surface area (Å²) in [5.74, 6) is -1.82. The molecule has 0 spiro atoms. The van der Waals surface area contributed by atoms with Crippen LogP contribution in [0.25, 0.3) is 0 Å². The lowest BCUT2D eigenvalue weighted by molar-refractivity contribution is -0.924. The van der Waals surface area contributed by atoms with Gasteiger partial charge in [-0.25, -0.2) is 9.78 Å². The van der Waals surface area contributed by atoms with Gasteiger partial charge < -0.3 is 25.5 Å². The van der Waals surface area contributed by atoms with Crippen LogP contribution in [-0.4, -0.2) is 80.8 Å². The molecule has 2 amide bonds. The second kappa shape index (κ2) is 9.22. The van der Waals surface area contributed by atoms with Crippen molar-refractivity contribution in [3.8, 4) is 0 Å². The van der Waals surface area contributed by atoms with Crippen molar-refractivity contribution in [3.63, 3.8) is 0 Å². The number of anilines is 1. The second-order valence-electron chi connectivity index (χ2n) is 9.17. The number of likely N-dealkylation sites (N-methyl/N-ethyl adjacent to an activating group) is 1. The van der Waals surface area contributed by atoms with E-state index in [0.29, 0.717) is 16.8 Å². The minimum Gasteiger partial charge on any atom is -0.477 e. The van der Waals surface area contributed by atoms with Gasteiger partial charge in [-0.05, 0) is 0 Å². The number of oxime groups is 1. The molecule has 2 atom stereocenters. The molecule has 13 heteroatoms. The standard InChI is InChI=1S/C23H24N6O5S2/c1-29(7-12-5-3-4-6-13(12)8-29)9-14-10-35-21-17(20(31)28(21)18(14)22(32)33)26-19(30)16(27-34-2)15-11-36-23(24)25-15/h3-6,11,17,21H,7-10H2,1-2H3,(H3-,24,25,26,30,32,33)/p+1/b27-16-/t17?,21-/m1/s1. The minimum atomic E-state index is -1.14. The van der Waals surface area contributed by atoms with Gasteiger partial charge in [0, 0.05) is 27.8 Å². The van der Waals surface area contributed by atoms with E-state index in [-0.39, 0.29) is 22.2 Å². The molecule has 3 aliphatic rings. The Kier molecular flexibility index (Phi) is 6.22. The average Bonchev–Trinajstić information content (AvgIpc) is 3.42. The first-order chi connectivity index (χ1) is 17.2. The summed E-state index contributed by atoms with van der Waals surface area (Å²) in [5, 5.41) is 17.8. The van der Waals surface area contributed by atoms with Gasteiger partial charge in [0.2, 0.25) is 0 Å². The van der Waals surface area contributed by atoms with Gasteiger partial charge in [0.25, 0.3) is 11.8 Å². The topological polar surface area (TPSA) is 147 Å². The molecule has 11 nitrogen and oxygen atoms in total. The van der Waals surface area contributed by atoms with Gasteiger partial charge in [0.1, 0.15) is 49.6 Å². The van der Waals surface area contributed by atoms with E-state index >= 15 is 0 Å². The number of rotatable bonds is 7. The molecular formula is C23H25N6O5S2+. The van der Waals surface area contributed by atoms with Crippen LogP contribution < -0.4 is 11.1 Å². The van der Waals surface area contributed by atoms with E-state index in [1.54, 1.807) is 5.38 Å². The molecule has 36 heavy (non-hydrogen) atoms. The quantitative estimate of drug-likeness (QED) is 0.208. The highest BCUT2D eigenvalue weighted by atomic mass is 32.2. The van der Waals surface area contributed by atoms with Crippen molar-refractivity contribution in [2.24, 2.45) is 5.16 Å². The SMILES string of the molecule is CO/N=C(\C(=O)NC1C(=O)N2C(C(=O)O)=C(C[N+]3(C)Cc4ccccc4C3)CS[C@H]12)c1csc(N)n1. The van der Waals surface area contributed by atoms with E-state index < -0.39 is 29.2 Å². The maximum absolute atomic E-state index is 13.1. The van der Waals surface area contributed by atoms with Crippen LogP contribution >= 0.6 is 23.1 Å². The first-order valence-electron chi connectivity index (χ1n) is 11.1. The zero-order chi connectivity index (χ0) is 25.6. The monoisotopic (exact) mass is 529 g/mol.